The highest BCUT2D eigenvalue weighted by atomic mass is 79.9. The van der Waals surface area contributed by atoms with Gasteiger partial charge in [-0.25, -0.2) is 0 Å². The topological polar surface area (TPSA) is 12.0 Å². The van der Waals surface area contributed by atoms with Crippen LogP contribution in [0.2, 0.25) is 0 Å². The minimum Gasteiger partial charge on any atom is -0.309 e. The van der Waals surface area contributed by atoms with Gasteiger partial charge in [-0.15, -0.1) is 0 Å². The summed E-state index contributed by atoms with van der Waals surface area (Å²) in [6, 6.07) is 7.14. The lowest BCUT2D eigenvalue weighted by molar-refractivity contribution is 0.453. The second-order valence-electron chi connectivity index (χ2n) is 4.55. The molecule has 1 aromatic carbocycles. The Kier molecular flexibility index (Phi) is 4.34. The zero-order chi connectivity index (χ0) is 11.5. The SMILES string of the molecule is Cc1cccc(CN[C@@H]2CSC[C@@H]2C)c1Br. The van der Waals surface area contributed by atoms with Crippen LogP contribution in [0.4, 0.5) is 0 Å². The Hall–Kier alpha value is 0.01000. The molecule has 1 aliphatic heterocycles. The quantitative estimate of drug-likeness (QED) is 0.915. The highest BCUT2D eigenvalue weighted by Crippen LogP contribution is 2.25. The Labute approximate surface area is 111 Å². The molecule has 1 aliphatic rings. The lowest BCUT2D eigenvalue weighted by Crippen LogP contribution is -2.33. The molecule has 1 fully saturated rings. The van der Waals surface area contributed by atoms with Gasteiger partial charge in [0, 0.05) is 22.8 Å². The van der Waals surface area contributed by atoms with Gasteiger partial charge in [0.1, 0.15) is 0 Å². The Morgan fingerprint density at radius 2 is 2.25 bits per heavy atom. The van der Waals surface area contributed by atoms with E-state index in [1.54, 1.807) is 0 Å². The van der Waals surface area contributed by atoms with Crippen LogP contribution in [-0.2, 0) is 6.54 Å². The van der Waals surface area contributed by atoms with Gasteiger partial charge in [0.05, 0.1) is 0 Å². The van der Waals surface area contributed by atoms with Gasteiger partial charge in [0.25, 0.3) is 0 Å². The molecular formula is C13H18BrNS. The van der Waals surface area contributed by atoms with Crippen molar-refractivity contribution < 1.29 is 0 Å². The molecule has 0 aromatic heterocycles. The van der Waals surface area contributed by atoms with Gasteiger partial charge in [-0.3, -0.25) is 0 Å². The summed E-state index contributed by atoms with van der Waals surface area (Å²) in [5, 5.41) is 3.66. The van der Waals surface area contributed by atoms with Crippen molar-refractivity contribution in [1.29, 1.82) is 0 Å². The van der Waals surface area contributed by atoms with Crippen molar-refractivity contribution in [3.63, 3.8) is 0 Å². The van der Waals surface area contributed by atoms with E-state index in [2.05, 4.69) is 65.1 Å². The van der Waals surface area contributed by atoms with Crippen molar-refractivity contribution in [3.05, 3.63) is 33.8 Å². The van der Waals surface area contributed by atoms with Crippen molar-refractivity contribution in [3.8, 4) is 0 Å². The van der Waals surface area contributed by atoms with Crippen molar-refractivity contribution in [2.75, 3.05) is 11.5 Å². The van der Waals surface area contributed by atoms with Crippen molar-refractivity contribution in [2.24, 2.45) is 5.92 Å². The second kappa shape index (κ2) is 5.56. The molecule has 0 radical (unpaired) electrons. The van der Waals surface area contributed by atoms with E-state index in [0.717, 1.165) is 12.5 Å². The highest BCUT2D eigenvalue weighted by molar-refractivity contribution is 9.10. The molecule has 0 spiro atoms. The molecule has 1 aromatic rings. The van der Waals surface area contributed by atoms with Crippen LogP contribution in [0.15, 0.2) is 22.7 Å². The standard InChI is InChI=1S/C13H18BrNS/c1-9-4-3-5-11(13(9)14)6-15-12-8-16-7-10(12)2/h3-5,10,12,15H,6-8H2,1-2H3/t10-,12+/m0/s1. The fourth-order valence-corrected chi connectivity index (χ4v) is 3.85. The maximum atomic E-state index is 3.66. The highest BCUT2D eigenvalue weighted by Gasteiger charge is 2.23. The average Bonchev–Trinajstić information content (AvgIpc) is 2.67. The van der Waals surface area contributed by atoms with Gasteiger partial charge in [-0.1, -0.05) is 41.1 Å². The minimum atomic E-state index is 0.678. The summed E-state index contributed by atoms with van der Waals surface area (Å²) in [6.07, 6.45) is 0. The van der Waals surface area contributed by atoms with Crippen LogP contribution in [0.5, 0.6) is 0 Å². The first-order chi connectivity index (χ1) is 7.68. The van der Waals surface area contributed by atoms with Gasteiger partial charge < -0.3 is 5.32 Å². The van der Waals surface area contributed by atoms with E-state index in [1.807, 2.05) is 0 Å². The third-order valence-electron chi connectivity index (χ3n) is 3.19. The molecule has 0 amide bonds. The Morgan fingerprint density at radius 1 is 1.44 bits per heavy atom. The van der Waals surface area contributed by atoms with Crippen LogP contribution >= 0.6 is 27.7 Å². The zero-order valence-corrected chi connectivity index (χ0v) is 12.2. The fraction of sp³-hybridized carbons (Fsp3) is 0.538. The molecule has 88 valence electrons. The summed E-state index contributed by atoms with van der Waals surface area (Å²) in [6.45, 7) is 5.45. The Bertz CT molecular complexity index is 367. The number of benzene rings is 1. The summed E-state index contributed by atoms with van der Waals surface area (Å²) < 4.78 is 1.25. The summed E-state index contributed by atoms with van der Waals surface area (Å²) >= 11 is 5.72. The normalized spacial score (nSPS) is 24.9. The summed E-state index contributed by atoms with van der Waals surface area (Å²) in [5.74, 6) is 3.35. The number of hydrogen-bond donors (Lipinski definition) is 1. The number of aryl methyl sites for hydroxylation is 1. The third kappa shape index (κ3) is 2.82. The van der Waals surface area contributed by atoms with Crippen LogP contribution in [0, 0.1) is 12.8 Å². The molecule has 0 saturated carbocycles. The summed E-state index contributed by atoms with van der Waals surface area (Å²) in [4.78, 5) is 0. The van der Waals surface area contributed by atoms with E-state index >= 15 is 0 Å². The van der Waals surface area contributed by atoms with Crippen LogP contribution < -0.4 is 5.32 Å². The van der Waals surface area contributed by atoms with E-state index in [-0.39, 0.29) is 0 Å². The van der Waals surface area contributed by atoms with Crippen LogP contribution in [0.3, 0.4) is 0 Å². The van der Waals surface area contributed by atoms with Crippen molar-refractivity contribution in [2.45, 2.75) is 26.4 Å². The molecule has 0 aliphatic carbocycles. The first kappa shape index (κ1) is 12.5. The minimum absolute atomic E-state index is 0.678. The number of rotatable bonds is 3. The lowest BCUT2D eigenvalue weighted by Gasteiger charge is -2.17. The molecule has 1 saturated heterocycles. The Balaban J connectivity index is 1.96. The zero-order valence-electron chi connectivity index (χ0n) is 9.79. The second-order valence-corrected chi connectivity index (χ2v) is 6.42. The molecule has 1 heterocycles. The molecule has 1 N–H and O–H groups in total. The largest absolute Gasteiger partial charge is 0.309 e. The first-order valence-corrected chi connectivity index (χ1v) is 7.68. The molecule has 2 rings (SSSR count). The maximum absolute atomic E-state index is 3.66. The van der Waals surface area contributed by atoms with Gasteiger partial charge in [0.2, 0.25) is 0 Å². The van der Waals surface area contributed by atoms with Crippen LogP contribution in [0.1, 0.15) is 18.1 Å². The third-order valence-corrected chi connectivity index (χ3v) is 5.68. The van der Waals surface area contributed by atoms with Gasteiger partial charge in [-0.05, 0) is 29.7 Å². The summed E-state index contributed by atoms with van der Waals surface area (Å²) in [7, 11) is 0. The van der Waals surface area contributed by atoms with E-state index in [1.165, 1.54) is 27.1 Å². The van der Waals surface area contributed by atoms with E-state index in [4.69, 9.17) is 0 Å². The number of halogens is 1. The van der Waals surface area contributed by atoms with Crippen molar-refractivity contribution in [1.82, 2.24) is 5.32 Å². The molecule has 3 heteroatoms. The predicted octanol–water partition coefficient (Wildman–Crippen LogP) is 3.60. The van der Waals surface area contributed by atoms with Crippen molar-refractivity contribution >= 4 is 27.7 Å². The predicted molar refractivity (Wildman–Crippen MR) is 76.0 cm³/mol. The number of thioether (sulfide) groups is 1. The van der Waals surface area contributed by atoms with Gasteiger partial charge >= 0.3 is 0 Å². The van der Waals surface area contributed by atoms with E-state index < -0.39 is 0 Å². The molecule has 0 unspecified atom stereocenters. The van der Waals surface area contributed by atoms with E-state index in [9.17, 15) is 0 Å². The first-order valence-electron chi connectivity index (χ1n) is 5.73. The number of nitrogens with one attached hydrogen (secondary N) is 1. The molecule has 1 nitrogen and oxygen atoms in total. The Morgan fingerprint density at radius 3 is 2.94 bits per heavy atom. The summed E-state index contributed by atoms with van der Waals surface area (Å²) in [5.41, 5.74) is 2.68. The van der Waals surface area contributed by atoms with Crippen LogP contribution in [0.25, 0.3) is 0 Å². The molecule has 2 atom stereocenters. The monoisotopic (exact) mass is 299 g/mol. The lowest BCUT2D eigenvalue weighted by atomic mass is 10.1. The number of hydrogen-bond acceptors (Lipinski definition) is 2. The van der Waals surface area contributed by atoms with Gasteiger partial charge in [0.15, 0.2) is 0 Å². The molecule has 16 heavy (non-hydrogen) atoms. The fourth-order valence-electron chi connectivity index (χ4n) is 2.01. The van der Waals surface area contributed by atoms with E-state index in [0.29, 0.717) is 6.04 Å². The average molecular weight is 300 g/mol. The van der Waals surface area contributed by atoms with Gasteiger partial charge in [-0.2, -0.15) is 11.8 Å². The molecular weight excluding hydrogens is 282 g/mol. The maximum Gasteiger partial charge on any atom is 0.0249 e. The molecule has 0 bridgehead atoms. The van der Waals surface area contributed by atoms with Crippen LogP contribution in [-0.4, -0.2) is 17.5 Å². The smallest absolute Gasteiger partial charge is 0.0249 e.